The van der Waals surface area contributed by atoms with Crippen LogP contribution in [0, 0.1) is 11.2 Å². The number of alkyl halides is 4. The molecule has 1 aromatic carbocycles. The lowest BCUT2D eigenvalue weighted by Crippen LogP contribution is -2.56. The smallest absolute Gasteiger partial charge is 0.419 e. The summed E-state index contributed by atoms with van der Waals surface area (Å²) in [5, 5.41) is -0.0416. The molecule has 0 saturated heterocycles. The van der Waals surface area contributed by atoms with Gasteiger partial charge in [0.05, 0.1) is 5.56 Å². The SMILES string of the molecule is CCC1(CC)C(Cl)CC1Oc1ccc(F)c(C(F)(F)F)c1. The highest BCUT2D eigenvalue weighted by Crippen LogP contribution is 2.52. The molecule has 1 nitrogen and oxygen atoms in total. The van der Waals surface area contributed by atoms with Crippen molar-refractivity contribution in [2.24, 2.45) is 5.41 Å². The van der Waals surface area contributed by atoms with E-state index in [1.165, 1.54) is 6.07 Å². The highest BCUT2D eigenvalue weighted by atomic mass is 35.5. The zero-order valence-corrected chi connectivity index (χ0v) is 12.6. The predicted octanol–water partition coefficient (Wildman–Crippen LogP) is 5.41. The molecule has 0 spiro atoms. The summed E-state index contributed by atoms with van der Waals surface area (Å²) in [6, 6.07) is 2.73. The van der Waals surface area contributed by atoms with Gasteiger partial charge in [-0.1, -0.05) is 13.8 Å². The van der Waals surface area contributed by atoms with Crippen LogP contribution < -0.4 is 4.74 Å². The van der Waals surface area contributed by atoms with E-state index in [1.807, 2.05) is 13.8 Å². The lowest BCUT2D eigenvalue weighted by molar-refractivity contribution is -0.140. The molecule has 1 aliphatic carbocycles. The minimum atomic E-state index is -4.73. The molecule has 0 heterocycles. The van der Waals surface area contributed by atoms with Crippen LogP contribution in [0.15, 0.2) is 18.2 Å². The van der Waals surface area contributed by atoms with Gasteiger partial charge in [-0.2, -0.15) is 13.2 Å². The molecule has 0 N–H and O–H groups in total. The van der Waals surface area contributed by atoms with Crippen LogP contribution in [-0.2, 0) is 6.18 Å². The molecule has 2 unspecified atom stereocenters. The van der Waals surface area contributed by atoms with Gasteiger partial charge in [-0.05, 0) is 31.0 Å². The zero-order chi connectivity index (χ0) is 15.8. The molecule has 2 atom stereocenters. The van der Waals surface area contributed by atoms with Crippen molar-refractivity contribution in [3.63, 3.8) is 0 Å². The van der Waals surface area contributed by atoms with Crippen molar-refractivity contribution in [1.82, 2.24) is 0 Å². The average Bonchev–Trinajstić information content (AvgIpc) is 2.40. The van der Waals surface area contributed by atoms with Crippen LogP contribution in [0.5, 0.6) is 5.75 Å². The molecule has 1 fully saturated rings. The molecular weight excluding hydrogens is 308 g/mol. The van der Waals surface area contributed by atoms with Crippen LogP contribution in [0.2, 0.25) is 0 Å². The van der Waals surface area contributed by atoms with Crippen molar-refractivity contribution in [3.05, 3.63) is 29.6 Å². The first kappa shape index (κ1) is 16.4. The summed E-state index contributed by atoms with van der Waals surface area (Å²) in [6.45, 7) is 3.97. The largest absolute Gasteiger partial charge is 0.490 e. The van der Waals surface area contributed by atoms with Gasteiger partial charge >= 0.3 is 6.18 Å². The number of benzene rings is 1. The van der Waals surface area contributed by atoms with Gasteiger partial charge in [0, 0.05) is 17.2 Å². The number of halogens is 5. The maximum Gasteiger partial charge on any atom is 0.419 e. The summed E-state index contributed by atoms with van der Waals surface area (Å²) >= 11 is 6.24. The van der Waals surface area contributed by atoms with Gasteiger partial charge in [-0.3, -0.25) is 0 Å². The van der Waals surface area contributed by atoms with Gasteiger partial charge in [0.15, 0.2) is 0 Å². The third kappa shape index (κ3) is 2.85. The zero-order valence-electron chi connectivity index (χ0n) is 11.8. The topological polar surface area (TPSA) is 9.23 Å². The van der Waals surface area contributed by atoms with E-state index >= 15 is 0 Å². The quantitative estimate of drug-likeness (QED) is 0.531. The Balaban J connectivity index is 2.22. The highest BCUT2D eigenvalue weighted by molar-refractivity contribution is 6.21. The van der Waals surface area contributed by atoms with E-state index in [0.29, 0.717) is 12.5 Å². The molecule has 1 aliphatic rings. The van der Waals surface area contributed by atoms with E-state index in [1.54, 1.807) is 0 Å². The van der Waals surface area contributed by atoms with Gasteiger partial charge < -0.3 is 4.74 Å². The number of rotatable bonds is 4. The second kappa shape index (κ2) is 5.67. The number of hydrogen-bond donors (Lipinski definition) is 0. The van der Waals surface area contributed by atoms with E-state index in [-0.39, 0.29) is 22.6 Å². The monoisotopic (exact) mass is 324 g/mol. The minimum Gasteiger partial charge on any atom is -0.490 e. The van der Waals surface area contributed by atoms with Crippen molar-refractivity contribution in [1.29, 1.82) is 0 Å². The fourth-order valence-electron chi connectivity index (χ4n) is 2.97. The van der Waals surface area contributed by atoms with Crippen molar-refractivity contribution >= 4 is 11.6 Å². The first-order chi connectivity index (χ1) is 9.74. The van der Waals surface area contributed by atoms with Crippen molar-refractivity contribution < 1.29 is 22.3 Å². The first-order valence-corrected chi connectivity index (χ1v) is 7.35. The van der Waals surface area contributed by atoms with E-state index in [0.717, 1.165) is 18.9 Å². The standard InChI is InChI=1S/C15H17ClF4O/c1-3-14(4-2)12(16)8-13(14)21-9-5-6-11(17)10(7-9)15(18,19)20/h5-7,12-13H,3-4,8H2,1-2H3. The Bertz CT molecular complexity index is 511. The Hall–Kier alpha value is -0.970. The Morgan fingerprint density at radius 2 is 1.90 bits per heavy atom. The van der Waals surface area contributed by atoms with E-state index < -0.39 is 17.6 Å². The first-order valence-electron chi connectivity index (χ1n) is 6.92. The lowest BCUT2D eigenvalue weighted by Gasteiger charge is -2.52. The molecular formula is C15H17ClF4O. The Kier molecular flexibility index (Phi) is 4.43. The summed E-state index contributed by atoms with van der Waals surface area (Å²) in [5.41, 5.74) is -1.53. The summed E-state index contributed by atoms with van der Waals surface area (Å²) in [4.78, 5) is 0. The number of ether oxygens (including phenoxy) is 1. The molecule has 2 rings (SSSR count). The van der Waals surface area contributed by atoms with Crippen molar-refractivity contribution in [3.8, 4) is 5.75 Å². The maximum absolute atomic E-state index is 13.2. The van der Waals surface area contributed by atoms with E-state index in [2.05, 4.69) is 0 Å². The van der Waals surface area contributed by atoms with Crippen LogP contribution in [0.1, 0.15) is 38.7 Å². The third-order valence-electron chi connectivity index (χ3n) is 4.52. The Morgan fingerprint density at radius 3 is 2.38 bits per heavy atom. The summed E-state index contributed by atoms with van der Waals surface area (Å²) in [6.07, 6.45) is -2.81. The molecule has 1 aromatic rings. The predicted molar refractivity (Wildman–Crippen MR) is 73.1 cm³/mol. The normalized spacial score (nSPS) is 24.5. The summed E-state index contributed by atoms with van der Waals surface area (Å²) in [7, 11) is 0. The Morgan fingerprint density at radius 1 is 1.29 bits per heavy atom. The van der Waals surface area contributed by atoms with Gasteiger partial charge in [0.25, 0.3) is 0 Å². The van der Waals surface area contributed by atoms with Gasteiger partial charge in [-0.25, -0.2) is 4.39 Å². The minimum absolute atomic E-state index is 0.0311. The summed E-state index contributed by atoms with van der Waals surface area (Å²) in [5.74, 6) is -1.26. The van der Waals surface area contributed by atoms with E-state index in [9.17, 15) is 17.6 Å². The molecule has 0 aromatic heterocycles. The average molecular weight is 325 g/mol. The molecule has 118 valence electrons. The van der Waals surface area contributed by atoms with Crippen molar-refractivity contribution in [2.45, 2.75) is 50.8 Å². The second-order valence-electron chi connectivity index (χ2n) is 5.39. The maximum atomic E-state index is 13.2. The molecule has 0 amide bonds. The van der Waals surface area contributed by atoms with Crippen LogP contribution >= 0.6 is 11.6 Å². The van der Waals surface area contributed by atoms with Crippen molar-refractivity contribution in [2.75, 3.05) is 0 Å². The molecule has 0 radical (unpaired) electrons. The van der Waals surface area contributed by atoms with Crippen LogP contribution in [-0.4, -0.2) is 11.5 Å². The van der Waals surface area contributed by atoms with Gasteiger partial charge in [-0.15, -0.1) is 11.6 Å². The van der Waals surface area contributed by atoms with E-state index in [4.69, 9.17) is 16.3 Å². The van der Waals surface area contributed by atoms with Gasteiger partial charge in [0.2, 0.25) is 0 Å². The highest BCUT2D eigenvalue weighted by Gasteiger charge is 2.53. The third-order valence-corrected chi connectivity index (χ3v) is 5.14. The molecule has 6 heteroatoms. The molecule has 21 heavy (non-hydrogen) atoms. The molecule has 1 saturated carbocycles. The molecule has 0 aliphatic heterocycles. The second-order valence-corrected chi connectivity index (χ2v) is 5.92. The summed E-state index contributed by atoms with van der Waals surface area (Å²) < 4.78 is 57.0. The van der Waals surface area contributed by atoms with Crippen LogP contribution in [0.25, 0.3) is 0 Å². The fraction of sp³-hybridized carbons (Fsp3) is 0.600. The van der Waals surface area contributed by atoms with Crippen LogP contribution in [0.3, 0.4) is 0 Å². The number of hydrogen-bond acceptors (Lipinski definition) is 1. The van der Waals surface area contributed by atoms with Crippen LogP contribution in [0.4, 0.5) is 17.6 Å². The lowest BCUT2D eigenvalue weighted by atomic mass is 9.62. The Labute approximate surface area is 126 Å². The fourth-order valence-corrected chi connectivity index (χ4v) is 3.58. The molecule has 0 bridgehead atoms. The van der Waals surface area contributed by atoms with Gasteiger partial charge in [0.1, 0.15) is 17.7 Å².